The lowest BCUT2D eigenvalue weighted by molar-refractivity contribution is 0.0972. The quantitative estimate of drug-likeness (QED) is 0.699. The molecule has 3 nitrogen and oxygen atoms in total. The second-order valence-corrected chi connectivity index (χ2v) is 5.58. The molecule has 1 atom stereocenters. The minimum Gasteiger partial charge on any atom is -0.377 e. The summed E-state index contributed by atoms with van der Waals surface area (Å²) < 4.78 is 0. The molecule has 2 aromatic carbocycles. The van der Waals surface area contributed by atoms with Gasteiger partial charge in [-0.2, -0.15) is 0 Å². The summed E-state index contributed by atoms with van der Waals surface area (Å²) in [5, 5.41) is 4.72. The minimum atomic E-state index is 0.0311. The molecule has 21 heavy (non-hydrogen) atoms. The van der Waals surface area contributed by atoms with E-state index in [4.69, 9.17) is 0 Å². The lowest BCUT2D eigenvalue weighted by Gasteiger charge is -2.26. The minimum absolute atomic E-state index is 0.0311. The van der Waals surface area contributed by atoms with Crippen LogP contribution >= 0.6 is 0 Å². The SMILES string of the molecule is Cc1[nH]c2ccccc2c1C1CC(=O)c2ccccc2N1. The van der Waals surface area contributed by atoms with Gasteiger partial charge in [-0.05, 0) is 25.1 Å². The average Bonchev–Trinajstić information content (AvgIpc) is 2.83. The summed E-state index contributed by atoms with van der Waals surface area (Å²) in [5.41, 5.74) is 5.18. The first-order valence-corrected chi connectivity index (χ1v) is 7.20. The van der Waals surface area contributed by atoms with Crippen LogP contribution in [0.2, 0.25) is 0 Å². The van der Waals surface area contributed by atoms with Crippen LogP contribution < -0.4 is 5.32 Å². The number of aryl methyl sites for hydroxylation is 1. The fourth-order valence-electron chi connectivity index (χ4n) is 3.31. The Labute approximate surface area is 123 Å². The predicted octanol–water partition coefficient (Wildman–Crippen LogP) is 4.22. The van der Waals surface area contributed by atoms with Crippen LogP contribution in [-0.2, 0) is 0 Å². The van der Waals surface area contributed by atoms with Gasteiger partial charge in [-0.15, -0.1) is 0 Å². The van der Waals surface area contributed by atoms with Gasteiger partial charge in [0.2, 0.25) is 0 Å². The van der Waals surface area contributed by atoms with Gasteiger partial charge < -0.3 is 10.3 Å². The number of nitrogens with one attached hydrogen (secondary N) is 2. The first-order chi connectivity index (χ1) is 10.2. The van der Waals surface area contributed by atoms with E-state index < -0.39 is 0 Å². The van der Waals surface area contributed by atoms with Gasteiger partial charge in [0, 0.05) is 39.8 Å². The number of carbonyl (C=O) groups is 1. The third kappa shape index (κ3) is 1.85. The van der Waals surface area contributed by atoms with Crippen LogP contribution in [0.25, 0.3) is 10.9 Å². The van der Waals surface area contributed by atoms with Crippen molar-refractivity contribution in [2.75, 3.05) is 5.32 Å². The van der Waals surface area contributed by atoms with Crippen molar-refractivity contribution in [3.8, 4) is 0 Å². The van der Waals surface area contributed by atoms with Crippen molar-refractivity contribution in [3.05, 3.63) is 65.4 Å². The van der Waals surface area contributed by atoms with E-state index in [0.29, 0.717) is 6.42 Å². The van der Waals surface area contributed by atoms with Crippen LogP contribution in [0.3, 0.4) is 0 Å². The highest BCUT2D eigenvalue weighted by molar-refractivity contribution is 6.04. The van der Waals surface area contributed by atoms with Crippen molar-refractivity contribution in [1.29, 1.82) is 0 Å². The Morgan fingerprint density at radius 2 is 1.81 bits per heavy atom. The zero-order chi connectivity index (χ0) is 14.4. The maximum absolute atomic E-state index is 12.4. The predicted molar refractivity (Wildman–Crippen MR) is 84.8 cm³/mol. The van der Waals surface area contributed by atoms with Gasteiger partial charge in [-0.3, -0.25) is 4.79 Å². The number of hydrogen-bond donors (Lipinski definition) is 2. The number of carbonyl (C=O) groups excluding carboxylic acids is 1. The van der Waals surface area contributed by atoms with Gasteiger partial charge in [-0.25, -0.2) is 0 Å². The number of fused-ring (bicyclic) bond motifs is 2. The second kappa shape index (κ2) is 4.48. The molecule has 0 saturated heterocycles. The number of H-pyrrole nitrogens is 1. The number of aromatic amines is 1. The van der Waals surface area contributed by atoms with E-state index in [1.807, 2.05) is 36.4 Å². The second-order valence-electron chi connectivity index (χ2n) is 5.58. The van der Waals surface area contributed by atoms with Crippen LogP contribution in [0.15, 0.2) is 48.5 Å². The van der Waals surface area contributed by atoms with Crippen LogP contribution in [0, 0.1) is 6.92 Å². The number of ketones is 1. The Hall–Kier alpha value is -2.55. The summed E-state index contributed by atoms with van der Waals surface area (Å²) in [6, 6.07) is 16.0. The van der Waals surface area contributed by atoms with Crippen LogP contribution in [0.4, 0.5) is 5.69 Å². The average molecular weight is 276 g/mol. The van der Waals surface area contributed by atoms with E-state index in [1.165, 1.54) is 10.9 Å². The Morgan fingerprint density at radius 1 is 1.05 bits per heavy atom. The zero-order valence-corrected chi connectivity index (χ0v) is 11.8. The molecule has 1 aliphatic heterocycles. The standard InChI is InChI=1S/C18H16N2O/c1-11-18(13-7-3-5-9-15(13)19-11)16-10-17(21)12-6-2-4-8-14(12)20-16/h2-9,16,19-20H,10H2,1H3. The number of Topliss-reactive ketones (excluding diaryl/α,β-unsaturated/α-hetero) is 1. The van der Waals surface area contributed by atoms with E-state index in [0.717, 1.165) is 22.5 Å². The number of para-hydroxylation sites is 2. The molecule has 3 heteroatoms. The number of aromatic nitrogens is 1. The molecule has 2 heterocycles. The lowest BCUT2D eigenvalue weighted by atomic mass is 9.91. The van der Waals surface area contributed by atoms with Crippen molar-refractivity contribution < 1.29 is 4.79 Å². The molecule has 104 valence electrons. The molecule has 0 saturated carbocycles. The topological polar surface area (TPSA) is 44.9 Å². The molecule has 3 aromatic rings. The third-order valence-electron chi connectivity index (χ3n) is 4.24. The highest BCUT2D eigenvalue weighted by Crippen LogP contribution is 2.37. The molecular weight excluding hydrogens is 260 g/mol. The number of hydrogen-bond acceptors (Lipinski definition) is 2. The molecule has 1 unspecified atom stereocenters. The Morgan fingerprint density at radius 3 is 2.71 bits per heavy atom. The number of anilines is 1. The highest BCUT2D eigenvalue weighted by atomic mass is 16.1. The monoisotopic (exact) mass is 276 g/mol. The smallest absolute Gasteiger partial charge is 0.167 e. The molecule has 0 amide bonds. The molecule has 4 rings (SSSR count). The fourth-order valence-corrected chi connectivity index (χ4v) is 3.31. The molecule has 1 aromatic heterocycles. The van der Waals surface area contributed by atoms with Crippen LogP contribution in [0.1, 0.15) is 34.1 Å². The first kappa shape index (κ1) is 12.2. The summed E-state index contributed by atoms with van der Waals surface area (Å²) in [6.45, 7) is 2.07. The van der Waals surface area contributed by atoms with E-state index in [-0.39, 0.29) is 11.8 Å². The van der Waals surface area contributed by atoms with Gasteiger partial charge in [0.15, 0.2) is 5.78 Å². The maximum Gasteiger partial charge on any atom is 0.167 e. The largest absolute Gasteiger partial charge is 0.377 e. The van der Waals surface area contributed by atoms with Crippen molar-refractivity contribution in [3.63, 3.8) is 0 Å². The molecule has 0 radical (unpaired) electrons. The van der Waals surface area contributed by atoms with Gasteiger partial charge >= 0.3 is 0 Å². The van der Waals surface area contributed by atoms with Crippen molar-refractivity contribution in [2.24, 2.45) is 0 Å². The first-order valence-electron chi connectivity index (χ1n) is 7.20. The van der Waals surface area contributed by atoms with E-state index in [9.17, 15) is 4.79 Å². The lowest BCUT2D eigenvalue weighted by Crippen LogP contribution is -2.23. The van der Waals surface area contributed by atoms with Crippen LogP contribution in [0.5, 0.6) is 0 Å². The summed E-state index contributed by atoms with van der Waals surface area (Å²) in [5.74, 6) is 0.207. The van der Waals surface area contributed by atoms with Crippen molar-refractivity contribution in [1.82, 2.24) is 4.98 Å². The van der Waals surface area contributed by atoms with Gasteiger partial charge in [0.05, 0.1) is 6.04 Å². The Bertz CT molecular complexity index is 847. The molecule has 0 fully saturated rings. The maximum atomic E-state index is 12.4. The Kier molecular flexibility index (Phi) is 2.61. The Balaban J connectivity index is 1.84. The van der Waals surface area contributed by atoms with Crippen molar-refractivity contribution in [2.45, 2.75) is 19.4 Å². The molecule has 2 N–H and O–H groups in total. The molecular formula is C18H16N2O. The summed E-state index contributed by atoms with van der Waals surface area (Å²) in [7, 11) is 0. The molecule has 0 aliphatic carbocycles. The van der Waals surface area contributed by atoms with E-state index in [1.54, 1.807) is 0 Å². The number of rotatable bonds is 1. The molecule has 0 bridgehead atoms. The highest BCUT2D eigenvalue weighted by Gasteiger charge is 2.28. The normalized spacial score (nSPS) is 17.6. The fraction of sp³-hybridized carbons (Fsp3) is 0.167. The van der Waals surface area contributed by atoms with Gasteiger partial charge in [0.1, 0.15) is 0 Å². The van der Waals surface area contributed by atoms with Gasteiger partial charge in [-0.1, -0.05) is 30.3 Å². The zero-order valence-electron chi connectivity index (χ0n) is 11.8. The molecule has 0 spiro atoms. The van der Waals surface area contributed by atoms with Gasteiger partial charge in [0.25, 0.3) is 0 Å². The van der Waals surface area contributed by atoms with Crippen LogP contribution in [-0.4, -0.2) is 10.8 Å². The summed E-state index contributed by atoms with van der Waals surface area (Å²) in [4.78, 5) is 15.8. The number of benzene rings is 2. The summed E-state index contributed by atoms with van der Waals surface area (Å²) >= 11 is 0. The summed E-state index contributed by atoms with van der Waals surface area (Å²) in [6.07, 6.45) is 0.500. The van der Waals surface area contributed by atoms with Crippen molar-refractivity contribution >= 4 is 22.4 Å². The van der Waals surface area contributed by atoms with E-state index >= 15 is 0 Å². The molecule has 1 aliphatic rings. The third-order valence-corrected chi connectivity index (χ3v) is 4.24. The van der Waals surface area contributed by atoms with E-state index in [2.05, 4.69) is 29.4 Å².